The fraction of sp³-hybridized carbons (Fsp3) is 0.167. The molecule has 1 atom stereocenters. The molecule has 3 aromatic rings. The van der Waals surface area contributed by atoms with Crippen LogP contribution in [0.1, 0.15) is 30.5 Å². The summed E-state index contributed by atoms with van der Waals surface area (Å²) < 4.78 is 45.8. The topological polar surface area (TPSA) is 88.1 Å². The van der Waals surface area contributed by atoms with Crippen LogP contribution >= 0.6 is 0 Å². The van der Waals surface area contributed by atoms with E-state index in [-0.39, 0.29) is 16.8 Å². The molecule has 0 aliphatic carbocycles. The zero-order valence-corrected chi connectivity index (χ0v) is 18.8. The van der Waals surface area contributed by atoms with E-state index in [0.717, 1.165) is 34.7 Å². The lowest BCUT2D eigenvalue weighted by Gasteiger charge is -2.20. The number of carbonyl (C=O) groups excluding carboxylic acids is 1. The summed E-state index contributed by atoms with van der Waals surface area (Å²) in [6.45, 7) is 1.47. The van der Waals surface area contributed by atoms with E-state index in [4.69, 9.17) is 4.74 Å². The highest BCUT2D eigenvalue weighted by molar-refractivity contribution is 7.92. The van der Waals surface area contributed by atoms with E-state index >= 15 is 0 Å². The Kier molecular flexibility index (Phi) is 6.15. The lowest BCUT2D eigenvalue weighted by Crippen LogP contribution is -2.24. The number of carbonyl (C=O) groups is 1. The molecule has 0 aromatic heterocycles. The Morgan fingerprint density at radius 1 is 1.03 bits per heavy atom. The van der Waals surface area contributed by atoms with Gasteiger partial charge in [-0.05, 0) is 59.7 Å². The normalized spacial score (nSPS) is 15.8. The molecule has 3 aromatic carbocycles. The summed E-state index contributed by atoms with van der Waals surface area (Å²) in [5.74, 6) is 0.0450. The molecule has 1 aliphatic heterocycles. The van der Waals surface area contributed by atoms with Gasteiger partial charge in [0.2, 0.25) is 5.91 Å². The highest BCUT2D eigenvalue weighted by Crippen LogP contribution is 2.33. The van der Waals surface area contributed by atoms with Crippen LogP contribution in [0.4, 0.5) is 10.1 Å². The molecule has 1 N–H and O–H groups in total. The van der Waals surface area contributed by atoms with Gasteiger partial charge < -0.3 is 4.74 Å². The number of anilines is 1. The number of sulfonamides is 1. The quantitative estimate of drug-likeness (QED) is 0.584. The van der Waals surface area contributed by atoms with Crippen molar-refractivity contribution in [3.63, 3.8) is 0 Å². The minimum absolute atomic E-state index is 0.0347. The van der Waals surface area contributed by atoms with Crippen molar-refractivity contribution in [3.8, 4) is 5.75 Å². The van der Waals surface area contributed by atoms with Gasteiger partial charge in [-0.3, -0.25) is 9.52 Å². The first kappa shape index (κ1) is 22.5. The molecule has 1 heterocycles. The molecule has 0 saturated carbocycles. The van der Waals surface area contributed by atoms with Crippen molar-refractivity contribution in [2.24, 2.45) is 5.10 Å². The molecule has 1 aliphatic rings. The number of ether oxygens (including phenoxy) is 1. The highest BCUT2D eigenvalue weighted by Gasteiger charge is 2.31. The molecule has 0 radical (unpaired) electrons. The van der Waals surface area contributed by atoms with Crippen LogP contribution in [0.5, 0.6) is 5.75 Å². The van der Waals surface area contributed by atoms with Gasteiger partial charge in [0.15, 0.2) is 0 Å². The van der Waals surface area contributed by atoms with Crippen molar-refractivity contribution in [3.05, 3.63) is 89.7 Å². The molecule has 4 rings (SSSR count). The van der Waals surface area contributed by atoms with Gasteiger partial charge in [-0.25, -0.2) is 17.8 Å². The van der Waals surface area contributed by atoms with Crippen LogP contribution in [0.25, 0.3) is 0 Å². The number of amides is 1. The van der Waals surface area contributed by atoms with E-state index in [1.807, 2.05) is 24.3 Å². The van der Waals surface area contributed by atoms with Gasteiger partial charge in [0, 0.05) is 19.0 Å². The van der Waals surface area contributed by atoms with Gasteiger partial charge in [-0.1, -0.05) is 24.3 Å². The van der Waals surface area contributed by atoms with Gasteiger partial charge in [0.05, 0.1) is 23.8 Å². The Hall–Kier alpha value is -3.72. The zero-order valence-electron chi connectivity index (χ0n) is 18.0. The predicted molar refractivity (Wildman–Crippen MR) is 123 cm³/mol. The van der Waals surface area contributed by atoms with Crippen LogP contribution in [0.2, 0.25) is 0 Å². The third kappa shape index (κ3) is 4.88. The van der Waals surface area contributed by atoms with Gasteiger partial charge in [0.1, 0.15) is 11.6 Å². The first-order valence-electron chi connectivity index (χ1n) is 10.2. The van der Waals surface area contributed by atoms with E-state index in [1.54, 1.807) is 31.4 Å². The number of hydrogen-bond acceptors (Lipinski definition) is 5. The van der Waals surface area contributed by atoms with Crippen LogP contribution in [0.3, 0.4) is 0 Å². The van der Waals surface area contributed by atoms with Crippen LogP contribution in [-0.4, -0.2) is 32.2 Å². The second-order valence-corrected chi connectivity index (χ2v) is 9.22. The lowest BCUT2D eigenvalue weighted by molar-refractivity contribution is -0.130. The fourth-order valence-corrected chi connectivity index (χ4v) is 4.68. The first-order valence-corrected chi connectivity index (χ1v) is 11.7. The molecule has 1 amide bonds. The number of nitrogens with one attached hydrogen (secondary N) is 1. The van der Waals surface area contributed by atoms with Crippen LogP contribution in [-0.2, 0) is 14.8 Å². The SMILES string of the molecule is COc1ccc([C@@H]2CC(c3ccc(NS(=O)(=O)c4ccc(F)cc4)cc3)=NN2C(C)=O)cc1. The van der Waals surface area contributed by atoms with Gasteiger partial charge in [-0.15, -0.1) is 0 Å². The summed E-state index contributed by atoms with van der Waals surface area (Å²) in [5, 5.41) is 5.97. The summed E-state index contributed by atoms with van der Waals surface area (Å²) >= 11 is 0. The van der Waals surface area contributed by atoms with Gasteiger partial charge in [-0.2, -0.15) is 5.10 Å². The third-order valence-electron chi connectivity index (χ3n) is 5.33. The zero-order chi connectivity index (χ0) is 23.6. The molecular weight excluding hydrogens is 445 g/mol. The average Bonchev–Trinajstić information content (AvgIpc) is 3.25. The molecule has 33 heavy (non-hydrogen) atoms. The number of hydrazone groups is 1. The van der Waals surface area contributed by atoms with E-state index in [9.17, 15) is 17.6 Å². The van der Waals surface area contributed by atoms with E-state index in [1.165, 1.54) is 24.1 Å². The number of nitrogens with zero attached hydrogens (tertiary/aromatic N) is 2. The molecule has 0 saturated heterocycles. The summed E-state index contributed by atoms with van der Waals surface area (Å²) in [6, 6.07) is 18.6. The average molecular weight is 468 g/mol. The Balaban J connectivity index is 1.52. The minimum atomic E-state index is -3.84. The predicted octanol–water partition coefficient (Wildman–Crippen LogP) is 4.33. The van der Waals surface area contributed by atoms with E-state index in [0.29, 0.717) is 12.1 Å². The molecule has 170 valence electrons. The molecule has 0 bridgehead atoms. The van der Waals surface area contributed by atoms with Crippen molar-refractivity contribution >= 4 is 27.3 Å². The van der Waals surface area contributed by atoms with Gasteiger partial charge in [0.25, 0.3) is 10.0 Å². The van der Waals surface area contributed by atoms with Crippen molar-refractivity contribution in [2.75, 3.05) is 11.8 Å². The Bertz CT molecular complexity index is 1290. The fourth-order valence-electron chi connectivity index (χ4n) is 3.62. The molecular formula is C24H22FN3O4S. The molecule has 0 spiro atoms. The van der Waals surface area contributed by atoms with Crippen LogP contribution in [0.15, 0.2) is 82.8 Å². The summed E-state index contributed by atoms with van der Waals surface area (Å²) in [6.07, 6.45) is 0.520. The third-order valence-corrected chi connectivity index (χ3v) is 6.73. The van der Waals surface area contributed by atoms with E-state index < -0.39 is 15.8 Å². The minimum Gasteiger partial charge on any atom is -0.497 e. The van der Waals surface area contributed by atoms with Crippen molar-refractivity contribution < 1.29 is 22.3 Å². The first-order chi connectivity index (χ1) is 15.8. The number of methoxy groups -OCH3 is 1. The highest BCUT2D eigenvalue weighted by atomic mass is 32.2. The Labute approximate surface area is 191 Å². The standard InChI is InChI=1S/C24H22FN3O4S/c1-16(29)28-24(18-5-11-21(32-2)12-6-18)15-23(26-28)17-3-9-20(10-4-17)27-33(30,31)22-13-7-19(25)8-14-22/h3-14,24,27H,15H2,1-2H3/t24-/m0/s1. The van der Waals surface area contributed by atoms with Crippen LogP contribution in [0, 0.1) is 5.82 Å². The Morgan fingerprint density at radius 3 is 2.24 bits per heavy atom. The summed E-state index contributed by atoms with van der Waals surface area (Å²) in [7, 11) is -2.25. The Morgan fingerprint density at radius 2 is 1.67 bits per heavy atom. The number of benzene rings is 3. The van der Waals surface area contributed by atoms with Crippen LogP contribution < -0.4 is 9.46 Å². The molecule has 9 heteroatoms. The second-order valence-electron chi connectivity index (χ2n) is 7.54. The lowest BCUT2D eigenvalue weighted by atomic mass is 9.98. The maximum Gasteiger partial charge on any atom is 0.261 e. The van der Waals surface area contributed by atoms with Gasteiger partial charge >= 0.3 is 0 Å². The summed E-state index contributed by atoms with van der Waals surface area (Å²) in [4.78, 5) is 12.2. The number of halogens is 1. The molecule has 0 fully saturated rings. The number of hydrogen-bond donors (Lipinski definition) is 1. The second kappa shape index (κ2) is 9.03. The molecule has 0 unspecified atom stereocenters. The smallest absolute Gasteiger partial charge is 0.261 e. The van der Waals surface area contributed by atoms with E-state index in [2.05, 4.69) is 9.82 Å². The molecule has 7 nitrogen and oxygen atoms in total. The summed E-state index contributed by atoms with van der Waals surface area (Å²) in [5.41, 5.74) is 2.80. The van der Waals surface area contributed by atoms with Crippen molar-refractivity contribution in [1.82, 2.24) is 5.01 Å². The van der Waals surface area contributed by atoms with Crippen molar-refractivity contribution in [1.29, 1.82) is 0 Å². The largest absolute Gasteiger partial charge is 0.497 e. The maximum atomic E-state index is 13.1. The maximum absolute atomic E-state index is 13.1. The monoisotopic (exact) mass is 467 g/mol. The number of rotatable bonds is 6. The van der Waals surface area contributed by atoms with Crippen molar-refractivity contribution in [2.45, 2.75) is 24.3 Å².